The van der Waals surface area contributed by atoms with Crippen LogP contribution in [0, 0.1) is 11.7 Å². The molecule has 4 aromatic rings. The van der Waals surface area contributed by atoms with E-state index in [9.17, 15) is 4.79 Å². The van der Waals surface area contributed by atoms with Gasteiger partial charge in [0, 0.05) is 46.2 Å². The molecule has 0 radical (unpaired) electrons. The van der Waals surface area contributed by atoms with Gasteiger partial charge in [-0.05, 0) is 62.7 Å². The third-order valence-electron chi connectivity index (χ3n) is 9.51. The Morgan fingerprint density at radius 3 is 2.73 bits per heavy atom. The molecule has 0 aliphatic carbocycles. The standard InChI is InChI=1S/C34H35ClFN6O2/c1-3-27(43)41-17-12-22(20-41)19-40(2)32-25-18-37-30(24-10-4-8-23-9-5-11-26(35)28(23)24)29(36)31(25)38-33(39-32)44-21-34-13-6-15-42(34)16-7-14-34/h3-5,8-11,18-19,22H,1,6-7,12-17,20-21H2,2H3/q+1/b40-19+. The molecule has 5 heterocycles. The van der Waals surface area contributed by atoms with Crippen LogP contribution in [0.5, 0.6) is 6.01 Å². The highest BCUT2D eigenvalue weighted by Gasteiger charge is 2.45. The van der Waals surface area contributed by atoms with E-state index in [1.807, 2.05) is 48.2 Å². The first-order chi connectivity index (χ1) is 21.4. The summed E-state index contributed by atoms with van der Waals surface area (Å²) in [6.45, 7) is 7.47. The van der Waals surface area contributed by atoms with Crippen LogP contribution in [0.15, 0.2) is 55.3 Å². The Morgan fingerprint density at radius 2 is 1.95 bits per heavy atom. The van der Waals surface area contributed by atoms with Gasteiger partial charge in [-0.2, -0.15) is 4.98 Å². The van der Waals surface area contributed by atoms with Crippen LogP contribution in [0.2, 0.25) is 5.02 Å². The second-order valence-electron chi connectivity index (χ2n) is 12.2. The minimum absolute atomic E-state index is 0.0108. The molecule has 1 atom stereocenters. The number of hydrogen-bond acceptors (Lipinski definition) is 6. The third-order valence-corrected chi connectivity index (χ3v) is 9.83. The van der Waals surface area contributed by atoms with Gasteiger partial charge in [0.2, 0.25) is 5.91 Å². The normalized spacial score (nSPS) is 20.0. The lowest BCUT2D eigenvalue weighted by atomic mass is 9.95. The summed E-state index contributed by atoms with van der Waals surface area (Å²) in [7, 11) is 1.88. The molecule has 0 N–H and O–H groups in total. The van der Waals surface area contributed by atoms with E-state index in [1.165, 1.54) is 6.08 Å². The molecule has 0 bridgehead atoms. The first kappa shape index (κ1) is 28.8. The molecule has 1 amide bonds. The first-order valence-electron chi connectivity index (χ1n) is 15.3. The predicted molar refractivity (Wildman–Crippen MR) is 170 cm³/mol. The van der Waals surface area contributed by atoms with Gasteiger partial charge in [-0.3, -0.25) is 14.7 Å². The molecule has 3 aliphatic heterocycles. The van der Waals surface area contributed by atoms with Gasteiger partial charge in [-0.15, -0.1) is 0 Å². The second-order valence-corrected chi connectivity index (χ2v) is 12.6. The highest BCUT2D eigenvalue weighted by molar-refractivity contribution is 6.36. The van der Waals surface area contributed by atoms with Crippen molar-refractivity contribution in [3.05, 3.63) is 66.1 Å². The monoisotopic (exact) mass is 613 g/mol. The Labute approximate surface area is 260 Å². The zero-order valence-electron chi connectivity index (χ0n) is 24.8. The highest BCUT2D eigenvalue weighted by Crippen LogP contribution is 2.40. The number of aromatic nitrogens is 3. The Kier molecular flexibility index (Phi) is 7.54. The van der Waals surface area contributed by atoms with Gasteiger partial charge in [0.25, 0.3) is 0 Å². The Balaban J connectivity index is 1.32. The number of benzene rings is 2. The van der Waals surface area contributed by atoms with Crippen molar-refractivity contribution in [3.63, 3.8) is 0 Å². The summed E-state index contributed by atoms with van der Waals surface area (Å²) in [5, 5.41) is 2.64. The van der Waals surface area contributed by atoms with E-state index in [-0.39, 0.29) is 34.6 Å². The number of ether oxygens (including phenoxy) is 1. The number of carbonyl (C=O) groups excluding carboxylic acids is 1. The molecule has 10 heteroatoms. The van der Waals surface area contributed by atoms with Gasteiger partial charge in [0.15, 0.2) is 5.82 Å². The lowest BCUT2D eigenvalue weighted by molar-refractivity contribution is -0.405. The fourth-order valence-corrected chi connectivity index (χ4v) is 7.60. The summed E-state index contributed by atoms with van der Waals surface area (Å²) in [5.74, 6) is -0.0227. The minimum atomic E-state index is -0.554. The van der Waals surface area contributed by atoms with Crippen LogP contribution in [0.3, 0.4) is 0 Å². The maximum atomic E-state index is 16.6. The molecule has 0 spiro atoms. The predicted octanol–water partition coefficient (Wildman–Crippen LogP) is 6.02. The fourth-order valence-electron chi connectivity index (χ4n) is 7.32. The van der Waals surface area contributed by atoms with E-state index in [2.05, 4.69) is 21.4 Å². The maximum Gasteiger partial charge on any atom is 0.434 e. The van der Waals surface area contributed by atoms with Crippen molar-refractivity contribution < 1.29 is 18.5 Å². The molecule has 2 aromatic carbocycles. The van der Waals surface area contributed by atoms with Gasteiger partial charge in [0.05, 0.1) is 18.8 Å². The number of hydrogen-bond donors (Lipinski definition) is 0. The number of rotatable bonds is 7. The van der Waals surface area contributed by atoms with Gasteiger partial charge < -0.3 is 9.64 Å². The molecule has 3 saturated heterocycles. The topological polar surface area (TPSA) is 74.5 Å². The zero-order chi connectivity index (χ0) is 30.4. The number of fused-ring (bicyclic) bond motifs is 3. The van der Waals surface area contributed by atoms with E-state index in [4.69, 9.17) is 21.3 Å². The molecule has 2 aromatic heterocycles. The molecule has 3 aliphatic rings. The average molecular weight is 614 g/mol. The number of pyridine rings is 1. The number of nitrogens with zero attached hydrogens (tertiary/aromatic N) is 6. The molecule has 226 valence electrons. The third kappa shape index (κ3) is 5.02. The highest BCUT2D eigenvalue weighted by atomic mass is 35.5. The van der Waals surface area contributed by atoms with Crippen molar-refractivity contribution in [1.82, 2.24) is 24.8 Å². The maximum absolute atomic E-state index is 16.6. The summed E-state index contributed by atoms with van der Waals surface area (Å²) in [6, 6.07) is 11.4. The molecule has 44 heavy (non-hydrogen) atoms. The van der Waals surface area contributed by atoms with Crippen molar-refractivity contribution in [2.75, 3.05) is 39.8 Å². The number of amides is 1. The van der Waals surface area contributed by atoms with E-state index in [0.29, 0.717) is 41.5 Å². The van der Waals surface area contributed by atoms with E-state index < -0.39 is 5.82 Å². The fraction of sp³-hybridized carbons (Fsp3) is 0.382. The van der Waals surface area contributed by atoms with Crippen molar-refractivity contribution in [2.24, 2.45) is 5.92 Å². The molecule has 3 fully saturated rings. The SMILES string of the molecule is C=CC(=O)N1CCC(/C=[N+](\C)c2nc(OCC34CCCN3CCC4)nc3c(F)c(-c4cccc5cccc(Cl)c45)ncc23)C1. The largest absolute Gasteiger partial charge is 0.443 e. The summed E-state index contributed by atoms with van der Waals surface area (Å²) >= 11 is 6.60. The summed E-state index contributed by atoms with van der Waals surface area (Å²) in [6.07, 6.45) is 10.3. The average Bonchev–Trinajstić information content (AvgIpc) is 3.76. The van der Waals surface area contributed by atoms with Gasteiger partial charge in [-0.1, -0.05) is 48.5 Å². The van der Waals surface area contributed by atoms with Crippen LogP contribution in [-0.4, -0.2) is 86.8 Å². The zero-order valence-corrected chi connectivity index (χ0v) is 25.6. The lowest BCUT2D eigenvalue weighted by Crippen LogP contribution is -2.43. The van der Waals surface area contributed by atoms with Crippen molar-refractivity contribution in [1.29, 1.82) is 0 Å². The number of carbonyl (C=O) groups is 1. The van der Waals surface area contributed by atoms with Crippen molar-refractivity contribution in [2.45, 2.75) is 37.6 Å². The van der Waals surface area contributed by atoms with Crippen molar-refractivity contribution in [3.8, 4) is 17.3 Å². The van der Waals surface area contributed by atoms with Crippen LogP contribution >= 0.6 is 11.6 Å². The molecule has 0 saturated carbocycles. The van der Waals surface area contributed by atoms with E-state index in [1.54, 1.807) is 17.2 Å². The lowest BCUT2D eigenvalue weighted by Gasteiger charge is -2.30. The molecular formula is C34H35ClFN6O2+. The molecule has 7 rings (SSSR count). The summed E-state index contributed by atoms with van der Waals surface area (Å²) in [4.78, 5) is 30.5. The van der Waals surface area contributed by atoms with E-state index >= 15 is 4.39 Å². The Hall–Kier alpha value is -3.95. The van der Waals surface area contributed by atoms with Gasteiger partial charge in [-0.25, -0.2) is 8.97 Å². The Morgan fingerprint density at radius 1 is 1.18 bits per heavy atom. The van der Waals surface area contributed by atoms with Crippen LogP contribution in [0.25, 0.3) is 32.9 Å². The van der Waals surface area contributed by atoms with Gasteiger partial charge in [0.1, 0.15) is 23.2 Å². The summed E-state index contributed by atoms with van der Waals surface area (Å²) in [5.41, 5.74) is 0.897. The molecular weight excluding hydrogens is 579 g/mol. The number of halogens is 2. The smallest absolute Gasteiger partial charge is 0.434 e. The second kappa shape index (κ2) is 11.5. The summed E-state index contributed by atoms with van der Waals surface area (Å²) < 4.78 is 24.9. The van der Waals surface area contributed by atoms with Gasteiger partial charge >= 0.3 is 11.8 Å². The van der Waals surface area contributed by atoms with Crippen LogP contribution in [-0.2, 0) is 4.79 Å². The quantitative estimate of drug-likeness (QED) is 0.144. The van der Waals surface area contributed by atoms with E-state index in [0.717, 1.165) is 56.0 Å². The molecule has 1 unspecified atom stereocenters. The van der Waals surface area contributed by atoms with Crippen molar-refractivity contribution >= 4 is 51.2 Å². The van der Waals surface area contributed by atoms with Crippen LogP contribution in [0.4, 0.5) is 10.2 Å². The Bertz CT molecular complexity index is 1810. The van der Waals surface area contributed by atoms with Crippen LogP contribution < -0.4 is 4.74 Å². The number of likely N-dealkylation sites (tertiary alicyclic amines) is 1. The first-order valence-corrected chi connectivity index (χ1v) is 15.7. The minimum Gasteiger partial charge on any atom is -0.443 e. The molecule has 8 nitrogen and oxygen atoms in total. The van der Waals surface area contributed by atoms with Crippen LogP contribution in [0.1, 0.15) is 32.1 Å².